The van der Waals surface area contributed by atoms with Crippen LogP contribution >= 0.6 is 0 Å². The summed E-state index contributed by atoms with van der Waals surface area (Å²) in [6, 6.07) is 19.6. The van der Waals surface area contributed by atoms with Crippen molar-refractivity contribution in [2.45, 2.75) is 6.42 Å². The van der Waals surface area contributed by atoms with Crippen LogP contribution in [-0.2, 0) is 6.42 Å². The van der Waals surface area contributed by atoms with Crippen molar-refractivity contribution in [2.24, 2.45) is 4.99 Å². The van der Waals surface area contributed by atoms with E-state index < -0.39 is 0 Å². The summed E-state index contributed by atoms with van der Waals surface area (Å²) in [5.41, 5.74) is 5.78. The number of aliphatic imine (C=N–C) groups is 1. The molecule has 7 nitrogen and oxygen atoms in total. The lowest BCUT2D eigenvalue weighted by Gasteiger charge is -2.06. The second-order valence-electron chi connectivity index (χ2n) is 7.18. The molecule has 2 aromatic carbocycles. The van der Waals surface area contributed by atoms with Gasteiger partial charge in [0.1, 0.15) is 0 Å². The first-order valence-corrected chi connectivity index (χ1v) is 9.52. The van der Waals surface area contributed by atoms with E-state index in [1.54, 1.807) is 16.9 Å². The number of amides is 1. The Morgan fingerprint density at radius 1 is 0.933 bits per heavy atom. The number of aromatic nitrogens is 5. The average molecular weight is 390 g/mol. The molecule has 0 N–H and O–H groups in total. The first kappa shape index (κ1) is 16.7. The van der Waals surface area contributed by atoms with Gasteiger partial charge in [-0.25, -0.2) is 4.99 Å². The summed E-state index contributed by atoms with van der Waals surface area (Å²) in [7, 11) is 0. The minimum atomic E-state index is -0.219. The molecule has 0 atom stereocenters. The number of nitrogens with zero attached hydrogens (tertiary/aromatic N) is 6. The normalized spacial score (nSPS) is 12.7. The number of carbonyl (C=O) groups excluding carboxylic acids is 1. The lowest BCUT2D eigenvalue weighted by Crippen LogP contribution is -2.02. The Kier molecular flexibility index (Phi) is 3.55. The predicted octanol–water partition coefficient (Wildman–Crippen LogP) is 3.50. The number of hydrogen-bond acceptors (Lipinski definition) is 5. The Balaban J connectivity index is 1.39. The Hall–Kier alpha value is -4.26. The first-order valence-electron chi connectivity index (χ1n) is 9.52. The number of benzene rings is 2. The molecule has 0 saturated heterocycles. The summed E-state index contributed by atoms with van der Waals surface area (Å²) in [4.78, 5) is 20.1. The molecule has 3 aromatic heterocycles. The number of carbonyl (C=O) groups is 1. The van der Waals surface area contributed by atoms with E-state index >= 15 is 0 Å². The van der Waals surface area contributed by atoms with Crippen molar-refractivity contribution in [1.29, 1.82) is 0 Å². The molecule has 0 aliphatic carbocycles. The second kappa shape index (κ2) is 6.38. The number of fused-ring (bicyclic) bond motifs is 3. The van der Waals surface area contributed by atoms with Crippen molar-refractivity contribution in [3.63, 3.8) is 0 Å². The van der Waals surface area contributed by atoms with Crippen LogP contribution in [-0.4, -0.2) is 36.9 Å². The third-order valence-corrected chi connectivity index (χ3v) is 5.26. The van der Waals surface area contributed by atoms with Gasteiger partial charge in [-0.05, 0) is 42.0 Å². The smallest absolute Gasteiger partial charge is 0.267 e. The summed E-state index contributed by atoms with van der Waals surface area (Å²) in [6.45, 7) is 0. The van der Waals surface area contributed by atoms with E-state index in [-0.39, 0.29) is 5.91 Å². The molecule has 1 aliphatic rings. The van der Waals surface area contributed by atoms with Gasteiger partial charge in [-0.2, -0.15) is 9.61 Å². The van der Waals surface area contributed by atoms with Crippen molar-refractivity contribution in [3.8, 4) is 11.3 Å². The van der Waals surface area contributed by atoms with Gasteiger partial charge in [0.2, 0.25) is 0 Å². The van der Waals surface area contributed by atoms with Gasteiger partial charge < -0.3 is 0 Å². The SMILES string of the molecule is O=C1N=Cc2ccc(-c3ccc4nnc(Cc5ccc6ncccc6c5)n4n3)cc21. The van der Waals surface area contributed by atoms with Gasteiger partial charge in [0.05, 0.1) is 16.8 Å². The van der Waals surface area contributed by atoms with Crippen LogP contribution in [0.3, 0.4) is 0 Å². The van der Waals surface area contributed by atoms with Crippen LogP contribution in [0.25, 0.3) is 27.8 Å². The molecule has 0 bridgehead atoms. The Bertz CT molecular complexity index is 1500. The Labute approximate surface area is 170 Å². The number of rotatable bonds is 3. The molecule has 7 heteroatoms. The molecule has 5 aromatic rings. The van der Waals surface area contributed by atoms with Gasteiger partial charge in [-0.3, -0.25) is 9.78 Å². The molecule has 4 heterocycles. The summed E-state index contributed by atoms with van der Waals surface area (Å²) < 4.78 is 1.76. The molecule has 1 amide bonds. The molecular weight excluding hydrogens is 376 g/mol. The van der Waals surface area contributed by atoms with Crippen LogP contribution in [0, 0.1) is 0 Å². The van der Waals surface area contributed by atoms with Gasteiger partial charge in [0.15, 0.2) is 11.5 Å². The lowest BCUT2D eigenvalue weighted by molar-refractivity contribution is 0.101. The second-order valence-corrected chi connectivity index (χ2v) is 7.18. The van der Waals surface area contributed by atoms with Crippen molar-refractivity contribution >= 4 is 28.7 Å². The van der Waals surface area contributed by atoms with Crippen molar-refractivity contribution < 1.29 is 4.79 Å². The standard InChI is InChI=1S/C23H14N6O/c30-23-18-12-16(4-5-17(18)13-25-23)20-7-8-21-26-27-22(29(21)28-20)11-14-3-6-19-15(10-14)2-1-9-24-19/h1-10,12-13H,11H2. The average Bonchev–Trinajstić information content (AvgIpc) is 3.36. The molecule has 0 unspecified atom stereocenters. The quantitative estimate of drug-likeness (QED) is 0.471. The maximum atomic E-state index is 11.9. The Morgan fingerprint density at radius 3 is 2.87 bits per heavy atom. The highest BCUT2D eigenvalue weighted by atomic mass is 16.1. The summed E-state index contributed by atoms with van der Waals surface area (Å²) in [6.07, 6.45) is 3.98. The number of hydrogen-bond donors (Lipinski definition) is 0. The summed E-state index contributed by atoms with van der Waals surface area (Å²) in [5.74, 6) is 0.527. The maximum Gasteiger partial charge on any atom is 0.277 e. The molecule has 0 spiro atoms. The van der Waals surface area contributed by atoms with Gasteiger partial charge >= 0.3 is 0 Å². The third-order valence-electron chi connectivity index (χ3n) is 5.26. The third kappa shape index (κ3) is 2.68. The fourth-order valence-electron chi connectivity index (χ4n) is 3.73. The largest absolute Gasteiger partial charge is 0.277 e. The topological polar surface area (TPSA) is 85.4 Å². The highest BCUT2D eigenvalue weighted by Gasteiger charge is 2.17. The van der Waals surface area contributed by atoms with Gasteiger partial charge in [-0.1, -0.05) is 24.3 Å². The molecule has 1 aliphatic heterocycles. The van der Waals surface area contributed by atoms with Crippen LogP contribution < -0.4 is 0 Å². The fraction of sp³-hybridized carbons (Fsp3) is 0.0435. The monoisotopic (exact) mass is 390 g/mol. The lowest BCUT2D eigenvalue weighted by atomic mass is 10.0. The van der Waals surface area contributed by atoms with Crippen molar-refractivity contribution in [3.05, 3.63) is 89.4 Å². The highest BCUT2D eigenvalue weighted by Crippen LogP contribution is 2.24. The zero-order chi connectivity index (χ0) is 20.1. The minimum absolute atomic E-state index is 0.219. The first-order chi connectivity index (χ1) is 14.7. The van der Waals surface area contributed by atoms with Crippen molar-refractivity contribution in [2.75, 3.05) is 0 Å². The fourth-order valence-corrected chi connectivity index (χ4v) is 3.73. The molecule has 30 heavy (non-hydrogen) atoms. The molecular formula is C23H14N6O. The van der Waals surface area contributed by atoms with Gasteiger partial charge in [0.25, 0.3) is 5.91 Å². The van der Waals surface area contributed by atoms with E-state index in [9.17, 15) is 4.79 Å². The van der Waals surface area contributed by atoms with E-state index in [0.29, 0.717) is 17.6 Å². The molecule has 0 fully saturated rings. The van der Waals surface area contributed by atoms with E-state index in [1.165, 1.54) is 0 Å². The number of pyridine rings is 1. The van der Waals surface area contributed by atoms with E-state index in [1.807, 2.05) is 54.6 Å². The van der Waals surface area contributed by atoms with Crippen LogP contribution in [0.15, 0.2) is 71.9 Å². The Morgan fingerprint density at radius 2 is 1.90 bits per heavy atom. The van der Waals surface area contributed by atoms with E-state index in [2.05, 4.69) is 26.2 Å². The van der Waals surface area contributed by atoms with Crippen LogP contribution in [0.4, 0.5) is 0 Å². The highest BCUT2D eigenvalue weighted by molar-refractivity contribution is 6.13. The van der Waals surface area contributed by atoms with Gasteiger partial charge in [0, 0.05) is 35.3 Å². The van der Waals surface area contributed by atoms with E-state index in [4.69, 9.17) is 5.10 Å². The van der Waals surface area contributed by atoms with Crippen molar-refractivity contribution in [1.82, 2.24) is 24.8 Å². The molecule has 0 saturated carbocycles. The molecule has 6 rings (SSSR count). The maximum absolute atomic E-state index is 11.9. The van der Waals surface area contributed by atoms with Gasteiger partial charge in [-0.15, -0.1) is 10.2 Å². The summed E-state index contributed by atoms with van der Waals surface area (Å²) >= 11 is 0. The van der Waals surface area contributed by atoms with Crippen LogP contribution in [0.5, 0.6) is 0 Å². The minimum Gasteiger partial charge on any atom is -0.267 e. The summed E-state index contributed by atoms with van der Waals surface area (Å²) in [5, 5.41) is 14.4. The van der Waals surface area contributed by atoms with Crippen LogP contribution in [0.1, 0.15) is 27.3 Å². The van der Waals surface area contributed by atoms with Crippen LogP contribution in [0.2, 0.25) is 0 Å². The zero-order valence-electron chi connectivity index (χ0n) is 15.7. The van der Waals surface area contributed by atoms with E-state index in [0.717, 1.165) is 39.1 Å². The zero-order valence-corrected chi connectivity index (χ0v) is 15.7. The molecule has 0 radical (unpaired) electrons. The predicted molar refractivity (Wildman–Crippen MR) is 113 cm³/mol. The molecule has 142 valence electrons.